The minimum atomic E-state index is 0.639. The maximum absolute atomic E-state index is 4.78. The second kappa shape index (κ2) is 2.39. The van der Waals surface area contributed by atoms with Crippen molar-refractivity contribution < 1.29 is 4.74 Å². The van der Waals surface area contributed by atoms with Gasteiger partial charge in [-0.1, -0.05) is 6.08 Å². The summed E-state index contributed by atoms with van der Waals surface area (Å²) in [6, 6.07) is 0. The summed E-state index contributed by atoms with van der Waals surface area (Å²) in [5, 5.41) is 0. The van der Waals surface area contributed by atoms with Gasteiger partial charge in [0.15, 0.2) is 6.40 Å². The highest BCUT2D eigenvalue weighted by atomic mass is 16.5. The van der Waals surface area contributed by atoms with Crippen LogP contribution in [0.1, 0.15) is 0 Å². The summed E-state index contributed by atoms with van der Waals surface area (Å²) < 4.78 is 4.78. The van der Waals surface area contributed by atoms with Gasteiger partial charge in [0.2, 0.25) is 0 Å². The molecule has 0 bridgehead atoms. The Kier molecular flexibility index (Phi) is 1.50. The molecule has 0 fully saturated rings. The normalized spacial score (nSPS) is 18.3. The van der Waals surface area contributed by atoms with Crippen LogP contribution in [-0.2, 0) is 4.74 Å². The van der Waals surface area contributed by atoms with E-state index in [9.17, 15) is 0 Å². The van der Waals surface area contributed by atoms with Crippen molar-refractivity contribution in [2.24, 2.45) is 4.99 Å². The number of ether oxygens (including phenoxy) is 1. The highest BCUT2D eigenvalue weighted by molar-refractivity contribution is 5.48. The van der Waals surface area contributed by atoms with Crippen molar-refractivity contribution in [3.05, 3.63) is 18.7 Å². The first-order chi connectivity index (χ1) is 3.50. The summed E-state index contributed by atoms with van der Waals surface area (Å²) in [6.45, 7) is 2.33. The Balaban J connectivity index is 2.38. The van der Waals surface area contributed by atoms with Gasteiger partial charge in [0.25, 0.3) is 0 Å². The molecule has 0 aromatic rings. The molecule has 7 heavy (non-hydrogen) atoms. The Labute approximate surface area is 42.5 Å². The quantitative estimate of drug-likeness (QED) is 0.436. The standard InChI is InChI=1S/C5H6NO/c1-2-4-7-5-6-3-1/h1-3,5H,4H2. The van der Waals surface area contributed by atoms with Crippen LogP contribution in [-0.4, -0.2) is 13.0 Å². The van der Waals surface area contributed by atoms with E-state index in [-0.39, 0.29) is 0 Å². The third kappa shape index (κ3) is 1.39. The molecule has 0 spiro atoms. The zero-order chi connectivity index (χ0) is 4.95. The average Bonchev–Trinajstić information content (AvgIpc) is 1.90. The molecule has 1 aliphatic heterocycles. The lowest BCUT2D eigenvalue weighted by Gasteiger charge is -1.85. The monoisotopic (exact) mass is 96.0 g/mol. The molecule has 0 saturated carbocycles. The Morgan fingerprint density at radius 1 is 1.57 bits per heavy atom. The second-order valence-electron chi connectivity index (χ2n) is 1.17. The molecule has 2 nitrogen and oxygen atoms in total. The van der Waals surface area contributed by atoms with Crippen LogP contribution in [0.15, 0.2) is 17.1 Å². The van der Waals surface area contributed by atoms with Crippen molar-refractivity contribution in [2.45, 2.75) is 0 Å². The molecule has 1 radical (unpaired) electrons. The molecule has 1 rings (SSSR count). The molecular weight excluding hydrogens is 90.1 g/mol. The summed E-state index contributed by atoms with van der Waals surface area (Å²) >= 11 is 0. The predicted molar refractivity (Wildman–Crippen MR) is 27.9 cm³/mol. The van der Waals surface area contributed by atoms with Crippen molar-refractivity contribution in [1.29, 1.82) is 0 Å². The minimum absolute atomic E-state index is 0.639. The maximum atomic E-state index is 4.78. The predicted octanol–water partition coefficient (Wildman–Crippen LogP) is 0.763. The van der Waals surface area contributed by atoms with Crippen LogP contribution >= 0.6 is 0 Å². The Bertz CT molecular complexity index is 84.3. The largest absolute Gasteiger partial charge is 0.479 e. The van der Waals surface area contributed by atoms with E-state index in [2.05, 4.69) is 4.99 Å². The fourth-order valence-corrected chi connectivity index (χ4v) is 0.343. The lowest BCUT2D eigenvalue weighted by atomic mass is 10.5. The van der Waals surface area contributed by atoms with E-state index in [0.717, 1.165) is 0 Å². The van der Waals surface area contributed by atoms with E-state index in [0.29, 0.717) is 6.61 Å². The summed E-state index contributed by atoms with van der Waals surface area (Å²) in [4.78, 5) is 3.71. The molecule has 37 valence electrons. The lowest BCUT2D eigenvalue weighted by molar-refractivity contribution is 0.369. The topological polar surface area (TPSA) is 21.6 Å². The van der Waals surface area contributed by atoms with Gasteiger partial charge in [-0.3, -0.25) is 0 Å². The first kappa shape index (κ1) is 4.37. The Morgan fingerprint density at radius 3 is 3.57 bits per heavy atom. The van der Waals surface area contributed by atoms with E-state index < -0.39 is 0 Å². The van der Waals surface area contributed by atoms with Gasteiger partial charge in [-0.15, -0.1) is 0 Å². The van der Waals surface area contributed by atoms with Crippen molar-refractivity contribution >= 4 is 6.40 Å². The van der Waals surface area contributed by atoms with Crippen LogP contribution in [0.5, 0.6) is 0 Å². The molecule has 0 N–H and O–H groups in total. The van der Waals surface area contributed by atoms with E-state index in [4.69, 9.17) is 4.74 Å². The number of hydrogen-bond acceptors (Lipinski definition) is 2. The third-order valence-corrected chi connectivity index (χ3v) is 0.636. The highest BCUT2D eigenvalue weighted by Gasteiger charge is 1.79. The fraction of sp³-hybridized carbons (Fsp3) is 0.200. The van der Waals surface area contributed by atoms with Gasteiger partial charge in [0.1, 0.15) is 6.61 Å². The summed E-state index contributed by atoms with van der Waals surface area (Å²) in [7, 11) is 0. The van der Waals surface area contributed by atoms with Crippen molar-refractivity contribution in [3.8, 4) is 0 Å². The smallest absolute Gasteiger partial charge is 0.170 e. The van der Waals surface area contributed by atoms with E-state index >= 15 is 0 Å². The SMILES string of the molecule is [CH]1C=CCOC=N1. The van der Waals surface area contributed by atoms with Crippen molar-refractivity contribution in [1.82, 2.24) is 0 Å². The molecule has 1 aliphatic rings. The molecule has 0 aromatic carbocycles. The van der Waals surface area contributed by atoms with Gasteiger partial charge < -0.3 is 4.74 Å². The molecular formula is C5H6NO. The molecule has 0 saturated heterocycles. The number of hydrogen-bond donors (Lipinski definition) is 0. The number of rotatable bonds is 0. The van der Waals surface area contributed by atoms with Crippen LogP contribution in [0.25, 0.3) is 0 Å². The Hall–Kier alpha value is -0.790. The van der Waals surface area contributed by atoms with Crippen LogP contribution in [0.3, 0.4) is 0 Å². The van der Waals surface area contributed by atoms with Gasteiger partial charge in [0, 0.05) is 0 Å². The lowest BCUT2D eigenvalue weighted by Crippen LogP contribution is -1.82. The van der Waals surface area contributed by atoms with Gasteiger partial charge in [-0.2, -0.15) is 0 Å². The molecule has 0 atom stereocenters. The maximum Gasteiger partial charge on any atom is 0.170 e. The van der Waals surface area contributed by atoms with E-state index in [1.165, 1.54) is 6.40 Å². The molecule has 2 heteroatoms. The number of aliphatic imine (C=N–C) groups is 1. The highest BCUT2D eigenvalue weighted by Crippen LogP contribution is 1.86. The van der Waals surface area contributed by atoms with Gasteiger partial charge in [-0.25, -0.2) is 4.99 Å². The molecule has 0 amide bonds. The summed E-state index contributed by atoms with van der Waals surface area (Å²) in [5.41, 5.74) is 0. The first-order valence-electron chi connectivity index (χ1n) is 2.12. The summed E-state index contributed by atoms with van der Waals surface area (Å²) in [5.74, 6) is 0. The minimum Gasteiger partial charge on any atom is -0.479 e. The van der Waals surface area contributed by atoms with Crippen molar-refractivity contribution in [3.63, 3.8) is 0 Å². The average molecular weight is 96.1 g/mol. The van der Waals surface area contributed by atoms with Crippen LogP contribution < -0.4 is 0 Å². The summed E-state index contributed by atoms with van der Waals surface area (Å²) in [6.07, 6.45) is 5.18. The molecule has 0 aromatic heterocycles. The van der Waals surface area contributed by atoms with Crippen molar-refractivity contribution in [2.75, 3.05) is 6.61 Å². The number of nitrogens with zero attached hydrogens (tertiary/aromatic N) is 1. The van der Waals surface area contributed by atoms with Crippen LogP contribution in [0, 0.1) is 6.54 Å². The zero-order valence-electron chi connectivity index (χ0n) is 3.87. The van der Waals surface area contributed by atoms with Gasteiger partial charge >= 0.3 is 0 Å². The molecule has 0 aliphatic carbocycles. The zero-order valence-corrected chi connectivity index (χ0v) is 3.87. The molecule has 0 unspecified atom stereocenters. The fourth-order valence-electron chi connectivity index (χ4n) is 0.343. The van der Waals surface area contributed by atoms with E-state index in [1.807, 2.05) is 12.2 Å². The van der Waals surface area contributed by atoms with E-state index in [1.54, 1.807) is 6.54 Å². The molecule has 1 heterocycles. The Morgan fingerprint density at radius 2 is 2.57 bits per heavy atom. The van der Waals surface area contributed by atoms with Crippen LogP contribution in [0.4, 0.5) is 0 Å². The van der Waals surface area contributed by atoms with Gasteiger partial charge in [-0.05, 0) is 6.08 Å². The second-order valence-corrected chi connectivity index (χ2v) is 1.17. The third-order valence-electron chi connectivity index (χ3n) is 0.636. The first-order valence-corrected chi connectivity index (χ1v) is 2.12. The van der Waals surface area contributed by atoms with Gasteiger partial charge in [0.05, 0.1) is 6.54 Å². The van der Waals surface area contributed by atoms with Crippen LogP contribution in [0.2, 0.25) is 0 Å².